The van der Waals surface area contributed by atoms with Crippen LogP contribution >= 0.6 is 7.82 Å². The first-order valence-corrected chi connectivity index (χ1v) is 10.2. The number of aliphatic hydroxyl groups excluding tert-OH is 2. The summed E-state index contributed by atoms with van der Waals surface area (Å²) in [6.45, 7) is 2.09. The fraction of sp³-hybridized carbons (Fsp3) is 0.643. The number of phosphoric ester groups is 1. The number of aromatic nitrogens is 4. The second-order valence-electron chi connectivity index (χ2n) is 6.37. The number of ether oxygens (including phenoxy) is 1. The molecule has 0 aromatic carbocycles. The van der Waals surface area contributed by atoms with Gasteiger partial charge in [0.25, 0.3) is 0 Å². The van der Waals surface area contributed by atoms with E-state index in [1.165, 1.54) is 10.9 Å². The number of phosphoric acid groups is 1. The first kappa shape index (κ1) is 20.9. The Balaban J connectivity index is 1.85. The van der Waals surface area contributed by atoms with Crippen molar-refractivity contribution in [3.05, 3.63) is 6.33 Å². The molecule has 3 rings (SSSR count). The van der Waals surface area contributed by atoms with Crippen LogP contribution in [0, 0.1) is 0 Å². The van der Waals surface area contributed by atoms with Gasteiger partial charge in [0.1, 0.15) is 23.8 Å². The summed E-state index contributed by atoms with van der Waals surface area (Å²) in [5.74, 6) is 0.423. The number of nitrogens with two attached hydrogens (primary N) is 1. The van der Waals surface area contributed by atoms with E-state index in [1.807, 2.05) is 6.92 Å². The van der Waals surface area contributed by atoms with Crippen LogP contribution in [0.15, 0.2) is 6.33 Å². The topological polar surface area (TPSA) is 198 Å². The van der Waals surface area contributed by atoms with Crippen LogP contribution in [0.3, 0.4) is 0 Å². The Morgan fingerprint density at radius 3 is 2.79 bits per heavy atom. The number of hydrogen-bond donors (Lipinski definition) is 6. The van der Waals surface area contributed by atoms with E-state index in [4.69, 9.17) is 20.3 Å². The van der Waals surface area contributed by atoms with Crippen LogP contribution in [0.2, 0.25) is 0 Å². The lowest BCUT2D eigenvalue weighted by Gasteiger charge is -2.17. The maximum absolute atomic E-state index is 10.9. The summed E-state index contributed by atoms with van der Waals surface area (Å²) in [6, 6.07) is 0. The van der Waals surface area contributed by atoms with Gasteiger partial charge in [-0.1, -0.05) is 13.3 Å². The van der Waals surface area contributed by atoms with Gasteiger partial charge in [0.15, 0.2) is 17.7 Å². The molecule has 7 N–H and O–H groups in total. The van der Waals surface area contributed by atoms with Crippen molar-refractivity contribution >= 4 is 30.8 Å². The number of hydrogen-bond acceptors (Lipinski definition) is 10. The predicted octanol–water partition coefficient (Wildman–Crippen LogP) is -0.651. The van der Waals surface area contributed by atoms with Gasteiger partial charge in [-0.15, -0.1) is 0 Å². The van der Waals surface area contributed by atoms with Crippen molar-refractivity contribution in [2.45, 2.75) is 44.3 Å². The number of nitrogen functional groups attached to an aromatic ring is 1. The van der Waals surface area contributed by atoms with Crippen molar-refractivity contribution in [1.29, 1.82) is 0 Å². The fourth-order valence-electron chi connectivity index (χ4n) is 2.85. The van der Waals surface area contributed by atoms with Crippen molar-refractivity contribution in [3.63, 3.8) is 0 Å². The molecule has 2 aromatic heterocycles. The summed E-state index contributed by atoms with van der Waals surface area (Å²) >= 11 is 0. The zero-order chi connectivity index (χ0) is 20.5. The first-order chi connectivity index (χ1) is 13.2. The van der Waals surface area contributed by atoms with Gasteiger partial charge >= 0.3 is 7.82 Å². The number of anilines is 2. The molecule has 2 aromatic rings. The minimum Gasteiger partial charge on any atom is -0.387 e. The van der Waals surface area contributed by atoms with Crippen LogP contribution in [-0.4, -0.2) is 71.0 Å². The minimum absolute atomic E-state index is 0.136. The van der Waals surface area contributed by atoms with Gasteiger partial charge in [-0.2, -0.15) is 9.97 Å². The predicted molar refractivity (Wildman–Crippen MR) is 97.1 cm³/mol. The van der Waals surface area contributed by atoms with E-state index in [9.17, 15) is 14.8 Å². The van der Waals surface area contributed by atoms with Crippen LogP contribution < -0.4 is 11.1 Å². The second-order valence-corrected chi connectivity index (χ2v) is 7.61. The van der Waals surface area contributed by atoms with Gasteiger partial charge in [0, 0.05) is 6.54 Å². The summed E-state index contributed by atoms with van der Waals surface area (Å²) in [4.78, 5) is 30.2. The Morgan fingerprint density at radius 1 is 1.36 bits per heavy atom. The maximum atomic E-state index is 10.9. The van der Waals surface area contributed by atoms with E-state index in [1.54, 1.807) is 0 Å². The fourth-order valence-corrected chi connectivity index (χ4v) is 3.19. The number of fused-ring (bicyclic) bond motifs is 1. The van der Waals surface area contributed by atoms with Crippen molar-refractivity contribution in [3.8, 4) is 0 Å². The van der Waals surface area contributed by atoms with Crippen LogP contribution in [0.5, 0.6) is 0 Å². The molecule has 14 heteroatoms. The third kappa shape index (κ3) is 4.41. The Hall–Kier alpha value is -1.86. The zero-order valence-electron chi connectivity index (χ0n) is 15.0. The van der Waals surface area contributed by atoms with E-state index in [-0.39, 0.29) is 17.4 Å². The highest BCUT2D eigenvalue weighted by Crippen LogP contribution is 2.39. The number of nitrogens with one attached hydrogen (secondary N) is 1. The molecule has 0 saturated carbocycles. The van der Waals surface area contributed by atoms with E-state index < -0.39 is 39.0 Å². The van der Waals surface area contributed by atoms with Gasteiger partial charge < -0.3 is 35.8 Å². The lowest BCUT2D eigenvalue weighted by atomic mass is 10.1. The largest absolute Gasteiger partial charge is 0.469 e. The summed E-state index contributed by atoms with van der Waals surface area (Å²) in [7, 11) is -4.75. The van der Waals surface area contributed by atoms with E-state index in [0.717, 1.165) is 12.8 Å². The maximum Gasteiger partial charge on any atom is 0.469 e. The summed E-state index contributed by atoms with van der Waals surface area (Å²) < 4.78 is 22.2. The van der Waals surface area contributed by atoms with Gasteiger partial charge in [0.05, 0.1) is 12.9 Å². The minimum atomic E-state index is -4.75. The lowest BCUT2D eigenvalue weighted by Crippen LogP contribution is -2.33. The Bertz CT molecular complexity index is 873. The summed E-state index contributed by atoms with van der Waals surface area (Å²) in [6.07, 6.45) is -1.88. The number of unbranched alkanes of at least 4 members (excludes halogenated alkanes) is 1. The molecule has 0 aliphatic carbocycles. The third-order valence-electron chi connectivity index (χ3n) is 4.28. The molecule has 1 aliphatic rings. The Labute approximate surface area is 159 Å². The second kappa shape index (κ2) is 8.25. The van der Waals surface area contributed by atoms with E-state index in [2.05, 4.69) is 24.8 Å². The molecule has 156 valence electrons. The van der Waals surface area contributed by atoms with Crippen LogP contribution in [0.1, 0.15) is 26.0 Å². The Morgan fingerprint density at radius 2 is 2.11 bits per heavy atom. The monoisotopic (exact) mass is 418 g/mol. The van der Waals surface area contributed by atoms with Gasteiger partial charge in [0.2, 0.25) is 5.95 Å². The zero-order valence-corrected chi connectivity index (χ0v) is 15.9. The van der Waals surface area contributed by atoms with Crippen LogP contribution in [0.25, 0.3) is 11.2 Å². The molecule has 1 fully saturated rings. The molecule has 3 heterocycles. The molecule has 0 bridgehead atoms. The van der Waals surface area contributed by atoms with Crippen LogP contribution in [-0.2, 0) is 13.8 Å². The quantitative estimate of drug-likeness (QED) is 0.234. The Kier molecular flexibility index (Phi) is 6.15. The molecule has 4 atom stereocenters. The average Bonchev–Trinajstić information content (AvgIpc) is 3.15. The number of nitrogens with zero attached hydrogens (tertiary/aromatic N) is 4. The number of imidazole rings is 1. The van der Waals surface area contributed by atoms with Crippen molar-refractivity contribution in [2.24, 2.45) is 0 Å². The smallest absolute Gasteiger partial charge is 0.387 e. The molecule has 0 spiro atoms. The van der Waals surface area contributed by atoms with E-state index in [0.29, 0.717) is 12.1 Å². The van der Waals surface area contributed by atoms with Crippen molar-refractivity contribution < 1.29 is 33.8 Å². The lowest BCUT2D eigenvalue weighted by molar-refractivity contribution is -0.0503. The molecule has 0 amide bonds. The van der Waals surface area contributed by atoms with Gasteiger partial charge in [-0.05, 0) is 6.42 Å². The normalized spacial score (nSPS) is 25.5. The molecule has 0 radical (unpaired) electrons. The highest BCUT2D eigenvalue weighted by Gasteiger charge is 2.45. The highest BCUT2D eigenvalue weighted by molar-refractivity contribution is 7.46. The molecule has 13 nitrogen and oxygen atoms in total. The van der Waals surface area contributed by atoms with E-state index >= 15 is 0 Å². The molecule has 1 aliphatic heterocycles. The van der Waals surface area contributed by atoms with Gasteiger partial charge in [-0.3, -0.25) is 9.09 Å². The number of rotatable bonds is 8. The summed E-state index contributed by atoms with van der Waals surface area (Å²) in [5, 5.41) is 23.5. The molecular formula is C14H23N6O7P. The first-order valence-electron chi connectivity index (χ1n) is 8.67. The number of aliphatic hydroxyl groups is 2. The summed E-state index contributed by atoms with van der Waals surface area (Å²) in [5.41, 5.74) is 6.50. The molecule has 1 saturated heterocycles. The molecule has 0 unspecified atom stereocenters. The molecular weight excluding hydrogens is 395 g/mol. The standard InChI is InChI=1S/C14H23N6O7P/c1-2-3-4-16-14-18-11(15)8-12(19-14)20(6-17-8)13-10(22)9(21)7(27-13)5-26-28(23,24)25/h6-7,9-10,13,21-22H,2-5H2,1H3,(H2,23,24,25)(H3,15,16,18,19)/t7-,9-,10-,13-/m1/s1. The third-order valence-corrected chi connectivity index (χ3v) is 4.77. The molecule has 28 heavy (non-hydrogen) atoms. The van der Waals surface area contributed by atoms with Crippen molar-refractivity contribution in [1.82, 2.24) is 19.5 Å². The van der Waals surface area contributed by atoms with Gasteiger partial charge in [-0.25, -0.2) is 9.55 Å². The van der Waals surface area contributed by atoms with Crippen molar-refractivity contribution in [2.75, 3.05) is 24.2 Å². The van der Waals surface area contributed by atoms with Crippen LogP contribution in [0.4, 0.5) is 11.8 Å². The SMILES string of the molecule is CCCCNc1nc(N)c2ncn([C@@H]3O[C@H](COP(=O)(O)O)[C@@H](O)[C@H]3O)c2n1. The highest BCUT2D eigenvalue weighted by atomic mass is 31.2. The average molecular weight is 418 g/mol.